The fourth-order valence-corrected chi connectivity index (χ4v) is 1.42. The molecule has 0 N–H and O–H groups in total. The molecule has 0 aliphatic rings. The average Bonchev–Trinajstić information content (AvgIpc) is 2.39. The van der Waals surface area contributed by atoms with Crippen molar-refractivity contribution in [3.63, 3.8) is 0 Å². The van der Waals surface area contributed by atoms with Gasteiger partial charge in [0.15, 0.2) is 0 Å². The predicted octanol–water partition coefficient (Wildman–Crippen LogP) is 2.62. The van der Waals surface area contributed by atoms with Crippen molar-refractivity contribution in [2.75, 3.05) is 13.7 Å². The van der Waals surface area contributed by atoms with E-state index in [1.54, 1.807) is 31.2 Å². The first kappa shape index (κ1) is 14.3. The lowest BCUT2D eigenvalue weighted by molar-refractivity contribution is -0.137. The summed E-state index contributed by atoms with van der Waals surface area (Å²) in [4.78, 5) is 22.5. The van der Waals surface area contributed by atoms with E-state index in [1.165, 1.54) is 13.2 Å². The van der Waals surface area contributed by atoms with Gasteiger partial charge in [0.05, 0.1) is 19.3 Å². The Hall–Kier alpha value is -1.81. The zero-order valence-corrected chi connectivity index (χ0v) is 10.9. The van der Waals surface area contributed by atoms with Crippen LogP contribution in [0.15, 0.2) is 29.3 Å². The zero-order chi connectivity index (χ0) is 13.5. The van der Waals surface area contributed by atoms with Gasteiger partial charge >= 0.3 is 11.9 Å². The highest BCUT2D eigenvalue weighted by atomic mass is 35.5. The van der Waals surface area contributed by atoms with Crippen LogP contribution in [-0.4, -0.2) is 25.7 Å². The highest BCUT2D eigenvalue weighted by Gasteiger charge is 2.08. The maximum Gasteiger partial charge on any atom is 0.349 e. The van der Waals surface area contributed by atoms with E-state index in [9.17, 15) is 9.59 Å². The van der Waals surface area contributed by atoms with Crippen LogP contribution in [0.2, 0.25) is 0 Å². The minimum absolute atomic E-state index is 0.0114. The fourth-order valence-electron chi connectivity index (χ4n) is 1.24. The molecule has 0 saturated carbocycles. The van der Waals surface area contributed by atoms with Crippen molar-refractivity contribution < 1.29 is 19.1 Å². The van der Waals surface area contributed by atoms with Crippen molar-refractivity contribution in [1.82, 2.24) is 0 Å². The van der Waals surface area contributed by atoms with Gasteiger partial charge in [0.2, 0.25) is 0 Å². The zero-order valence-electron chi connectivity index (χ0n) is 10.1. The Morgan fingerprint density at radius 3 is 2.39 bits per heavy atom. The first-order valence-electron chi connectivity index (χ1n) is 5.31. The maximum atomic E-state index is 11.3. The molecule has 0 radical (unpaired) electrons. The summed E-state index contributed by atoms with van der Waals surface area (Å²) >= 11 is 5.77. The summed E-state index contributed by atoms with van der Waals surface area (Å²) < 4.78 is 9.31. The lowest BCUT2D eigenvalue weighted by Gasteiger charge is -2.01. The first-order valence-corrected chi connectivity index (χ1v) is 5.69. The number of carbonyl (C=O) groups excluding carboxylic acids is 2. The van der Waals surface area contributed by atoms with Gasteiger partial charge < -0.3 is 9.47 Å². The average molecular weight is 269 g/mol. The van der Waals surface area contributed by atoms with Crippen LogP contribution in [-0.2, 0) is 14.3 Å². The number of hydrogen-bond donors (Lipinski definition) is 0. The lowest BCUT2D eigenvalue weighted by atomic mass is 10.1. The molecule has 96 valence electrons. The smallest absolute Gasteiger partial charge is 0.349 e. The number of esters is 2. The molecule has 0 bridgehead atoms. The summed E-state index contributed by atoms with van der Waals surface area (Å²) in [5.41, 5.74) is 1.13. The number of methoxy groups -OCH3 is 1. The van der Waals surface area contributed by atoms with Gasteiger partial charge in [-0.3, -0.25) is 0 Å². The third-order valence-corrected chi connectivity index (χ3v) is 2.36. The van der Waals surface area contributed by atoms with Gasteiger partial charge in [-0.15, -0.1) is 0 Å². The normalized spacial score (nSPS) is 10.9. The summed E-state index contributed by atoms with van der Waals surface area (Å²) in [6, 6.07) is 6.50. The van der Waals surface area contributed by atoms with Gasteiger partial charge in [-0.2, -0.15) is 0 Å². The number of halogens is 1. The van der Waals surface area contributed by atoms with Crippen molar-refractivity contribution in [3.8, 4) is 0 Å². The second-order valence-corrected chi connectivity index (χ2v) is 3.73. The van der Waals surface area contributed by atoms with Gasteiger partial charge in [-0.1, -0.05) is 23.7 Å². The quantitative estimate of drug-likeness (QED) is 0.622. The van der Waals surface area contributed by atoms with Gasteiger partial charge in [-0.25, -0.2) is 9.59 Å². The summed E-state index contributed by atoms with van der Waals surface area (Å²) in [6.45, 7) is 1.97. The van der Waals surface area contributed by atoms with E-state index in [0.29, 0.717) is 11.1 Å². The number of ether oxygens (including phenoxy) is 2. The highest BCUT2D eigenvalue weighted by molar-refractivity contribution is 6.43. The van der Waals surface area contributed by atoms with E-state index in [0.717, 1.165) is 0 Å². The predicted molar refractivity (Wildman–Crippen MR) is 68.2 cm³/mol. The van der Waals surface area contributed by atoms with Crippen LogP contribution >= 0.6 is 11.6 Å². The summed E-state index contributed by atoms with van der Waals surface area (Å²) in [5, 5.41) is -0.0114. The molecule has 0 heterocycles. The number of carbonyl (C=O) groups is 2. The van der Waals surface area contributed by atoms with Crippen molar-refractivity contribution in [3.05, 3.63) is 40.4 Å². The summed E-state index contributed by atoms with van der Waals surface area (Å²) in [7, 11) is 1.31. The van der Waals surface area contributed by atoms with Crippen LogP contribution in [0.4, 0.5) is 0 Å². The molecule has 1 aromatic carbocycles. The molecule has 0 aliphatic heterocycles. The van der Waals surface area contributed by atoms with Crippen molar-refractivity contribution >= 4 is 29.6 Å². The fraction of sp³-hybridized carbons (Fsp3) is 0.231. The van der Waals surface area contributed by atoms with E-state index < -0.39 is 11.9 Å². The Bertz CT molecular complexity index is 462. The summed E-state index contributed by atoms with van der Waals surface area (Å²) in [6.07, 6.45) is 1.47. The minimum atomic E-state index is -0.573. The molecule has 0 fully saturated rings. The van der Waals surface area contributed by atoms with E-state index in [-0.39, 0.29) is 11.6 Å². The van der Waals surface area contributed by atoms with Gasteiger partial charge in [-0.05, 0) is 30.7 Å². The SMILES string of the molecule is CCOC(=O)/C(Cl)=C/c1ccc(C(=O)OC)cc1. The third kappa shape index (κ3) is 3.89. The Kier molecular flexibility index (Phi) is 5.39. The molecule has 0 amide bonds. The first-order chi connectivity index (χ1) is 8.58. The molecule has 18 heavy (non-hydrogen) atoms. The highest BCUT2D eigenvalue weighted by Crippen LogP contribution is 2.13. The second kappa shape index (κ2) is 6.81. The Labute approximate surface area is 110 Å². The van der Waals surface area contributed by atoms with Crippen LogP contribution in [0.5, 0.6) is 0 Å². The van der Waals surface area contributed by atoms with Crippen LogP contribution in [0.1, 0.15) is 22.8 Å². The van der Waals surface area contributed by atoms with Crippen LogP contribution < -0.4 is 0 Å². The summed E-state index contributed by atoms with van der Waals surface area (Å²) in [5.74, 6) is -0.988. The van der Waals surface area contributed by atoms with Crippen LogP contribution in [0.25, 0.3) is 6.08 Å². The van der Waals surface area contributed by atoms with Crippen molar-refractivity contribution in [2.45, 2.75) is 6.92 Å². The van der Waals surface area contributed by atoms with E-state index in [4.69, 9.17) is 16.3 Å². The van der Waals surface area contributed by atoms with Gasteiger partial charge in [0.25, 0.3) is 0 Å². The molecule has 1 rings (SSSR count). The van der Waals surface area contributed by atoms with E-state index >= 15 is 0 Å². The Morgan fingerprint density at radius 1 is 1.28 bits per heavy atom. The molecular weight excluding hydrogens is 256 g/mol. The molecule has 0 aliphatic carbocycles. The largest absolute Gasteiger partial charge is 0.465 e. The van der Waals surface area contributed by atoms with Gasteiger partial charge in [0, 0.05) is 0 Å². The van der Waals surface area contributed by atoms with E-state index in [1.807, 2.05) is 0 Å². The van der Waals surface area contributed by atoms with Crippen LogP contribution in [0, 0.1) is 0 Å². The molecule has 0 saturated heterocycles. The molecule has 0 unspecified atom stereocenters. The monoisotopic (exact) mass is 268 g/mol. The molecule has 0 spiro atoms. The molecule has 0 atom stereocenters. The number of benzene rings is 1. The molecule has 0 aromatic heterocycles. The molecule has 5 heteroatoms. The Morgan fingerprint density at radius 2 is 1.89 bits per heavy atom. The molecule has 1 aromatic rings. The minimum Gasteiger partial charge on any atom is -0.465 e. The van der Waals surface area contributed by atoms with Crippen LogP contribution in [0.3, 0.4) is 0 Å². The number of hydrogen-bond acceptors (Lipinski definition) is 4. The van der Waals surface area contributed by atoms with Crippen molar-refractivity contribution in [1.29, 1.82) is 0 Å². The van der Waals surface area contributed by atoms with Gasteiger partial charge in [0.1, 0.15) is 5.03 Å². The van der Waals surface area contributed by atoms with Crippen molar-refractivity contribution in [2.24, 2.45) is 0 Å². The van der Waals surface area contributed by atoms with E-state index in [2.05, 4.69) is 4.74 Å². The Balaban J connectivity index is 2.83. The molecular formula is C13H13ClO4. The lowest BCUT2D eigenvalue weighted by Crippen LogP contribution is -2.03. The third-order valence-electron chi connectivity index (χ3n) is 2.10. The standard InChI is InChI=1S/C13H13ClO4/c1-3-18-13(16)11(14)8-9-4-6-10(7-5-9)12(15)17-2/h4-8H,3H2,1-2H3/b11-8-. The maximum absolute atomic E-state index is 11.3. The molecule has 4 nitrogen and oxygen atoms in total. The number of rotatable bonds is 4. The second-order valence-electron chi connectivity index (χ2n) is 3.33. The topological polar surface area (TPSA) is 52.6 Å².